The molecule has 10 rings (SSSR count). The maximum atomic E-state index is 12.9. The summed E-state index contributed by atoms with van der Waals surface area (Å²) in [6.45, 7) is 20.6. The number of amides is 2. The molecule has 0 aromatic heterocycles. The number of likely N-dealkylation sites (tertiary alicyclic amines) is 1. The third kappa shape index (κ3) is 14.4. The van der Waals surface area contributed by atoms with Crippen molar-refractivity contribution < 1.29 is 47.5 Å². The zero-order valence-corrected chi connectivity index (χ0v) is 49.2. The van der Waals surface area contributed by atoms with Crippen LogP contribution in [0.15, 0.2) is 48.2 Å². The second-order valence-electron chi connectivity index (χ2n) is 23.9. The van der Waals surface area contributed by atoms with E-state index < -0.39 is 0 Å². The number of rotatable bonds is 14. The molecule has 3 aromatic rings. The highest BCUT2D eigenvalue weighted by Crippen LogP contribution is 2.47. The van der Waals surface area contributed by atoms with Gasteiger partial charge < -0.3 is 53.4 Å². The molecule has 0 saturated carbocycles. The maximum Gasteiger partial charge on any atom is 0.410 e. The van der Waals surface area contributed by atoms with Gasteiger partial charge in [0.15, 0.2) is 34.5 Å². The molecule has 15 heteroatoms. The molecule has 7 atom stereocenters. The first kappa shape index (κ1) is 61.2. The van der Waals surface area contributed by atoms with E-state index in [9.17, 15) is 9.59 Å². The SMILES string of the molecule is C.COc1cc2c(cc1OC)C1CC(N)C(CC(C)C)CN1CC2.COc1cc2c(cc1OC)C1CC(OC(=O)N3CCCCC3)C(CC(C)C)CN1CC2.COc1cc2c(cc1OC)C1CC(OCC(C)C)=CC(=O)N1CC2. The quantitative estimate of drug-likeness (QED) is 0.163. The number of nitrogens with two attached hydrogens (primary N) is 1. The lowest BCUT2D eigenvalue weighted by Crippen LogP contribution is -2.51. The smallest absolute Gasteiger partial charge is 0.410 e. The molecule has 0 bridgehead atoms. The summed E-state index contributed by atoms with van der Waals surface area (Å²) < 4.78 is 45.0. The Balaban J connectivity index is 0.000000173. The van der Waals surface area contributed by atoms with Crippen LogP contribution in [0.5, 0.6) is 34.5 Å². The molecule has 2 N–H and O–H groups in total. The molecular weight excluding hydrogens is 999 g/mol. The summed E-state index contributed by atoms with van der Waals surface area (Å²) in [6.07, 6.45) is 12.7. The lowest BCUT2D eigenvalue weighted by Gasteiger charge is -2.47. The van der Waals surface area contributed by atoms with Crippen LogP contribution in [0.3, 0.4) is 0 Å². The summed E-state index contributed by atoms with van der Waals surface area (Å²) in [5.74, 6) is 8.19. The third-order valence-electron chi connectivity index (χ3n) is 17.2. The molecule has 7 unspecified atom stereocenters. The second-order valence-corrected chi connectivity index (χ2v) is 23.9. The Morgan fingerprint density at radius 3 is 1.49 bits per heavy atom. The molecule has 7 aliphatic rings. The Labute approximate surface area is 473 Å². The zero-order valence-electron chi connectivity index (χ0n) is 49.2. The van der Waals surface area contributed by atoms with Crippen molar-refractivity contribution in [3.63, 3.8) is 0 Å². The molecule has 79 heavy (non-hydrogen) atoms. The van der Waals surface area contributed by atoms with Gasteiger partial charge >= 0.3 is 6.09 Å². The Morgan fingerprint density at radius 2 is 1.01 bits per heavy atom. The highest BCUT2D eigenvalue weighted by Gasteiger charge is 2.43. The van der Waals surface area contributed by atoms with Crippen LogP contribution in [0.1, 0.15) is 152 Å². The number of hydrogen-bond donors (Lipinski definition) is 1. The van der Waals surface area contributed by atoms with Gasteiger partial charge in [-0.3, -0.25) is 14.6 Å². The van der Waals surface area contributed by atoms with Crippen LogP contribution in [0.4, 0.5) is 4.79 Å². The van der Waals surface area contributed by atoms with Gasteiger partial charge in [-0.05, 0) is 151 Å². The van der Waals surface area contributed by atoms with Gasteiger partial charge in [0.1, 0.15) is 11.9 Å². The minimum Gasteiger partial charge on any atom is -0.497 e. The standard InChI is InChI=1S/C25H38N2O4.C19H30N2O2.C19H25NO4.CH4/c1-17(2)12-19-16-27-11-8-18-13-23(29-3)24(30-4)14-20(18)21(27)15-22(19)31-25(28)26-9-6-5-7-10-26;1-12(2)7-14-11-21-6-5-13-8-18(22-3)19(23-4)9-15(13)17(21)10-16(14)20;1-12(2)11-24-14-8-16-15-10-18(23-4)17(22-3)7-13(15)5-6-20(16)19(21)9-14;/h13-14,17,19,21-22H,5-12,15-16H2,1-4H3;8-9,12,14,16-17H,5-7,10-11,20H2,1-4H3;7,9-10,12,16H,5-6,8,11H2,1-4H3;1H4. The van der Waals surface area contributed by atoms with Crippen molar-refractivity contribution in [3.8, 4) is 34.5 Å². The molecular formula is C64H97N5O10. The highest BCUT2D eigenvalue weighted by atomic mass is 16.6. The number of ether oxygens (including phenoxy) is 8. The number of methoxy groups -OCH3 is 6. The van der Waals surface area contributed by atoms with Gasteiger partial charge in [-0.1, -0.05) is 49.0 Å². The van der Waals surface area contributed by atoms with Crippen LogP contribution in [0.25, 0.3) is 0 Å². The molecule has 3 fully saturated rings. The largest absolute Gasteiger partial charge is 0.497 e. The second kappa shape index (κ2) is 27.9. The Morgan fingerprint density at radius 1 is 0.570 bits per heavy atom. The van der Waals surface area contributed by atoms with Crippen molar-refractivity contribution in [2.45, 2.75) is 150 Å². The fourth-order valence-electron chi connectivity index (χ4n) is 13.3. The van der Waals surface area contributed by atoms with Gasteiger partial charge in [0.25, 0.3) is 0 Å². The predicted molar refractivity (Wildman–Crippen MR) is 312 cm³/mol. The van der Waals surface area contributed by atoms with Crippen LogP contribution >= 0.6 is 0 Å². The Kier molecular flexibility index (Phi) is 21.6. The van der Waals surface area contributed by atoms with Crippen molar-refractivity contribution in [1.82, 2.24) is 19.6 Å². The monoisotopic (exact) mass is 1100 g/mol. The van der Waals surface area contributed by atoms with E-state index >= 15 is 0 Å². The van der Waals surface area contributed by atoms with Crippen LogP contribution in [0.2, 0.25) is 0 Å². The molecule has 0 radical (unpaired) electrons. The van der Waals surface area contributed by atoms with Crippen molar-refractivity contribution in [3.05, 3.63) is 81.6 Å². The molecule has 3 aromatic carbocycles. The number of carbonyl (C=O) groups excluding carboxylic acids is 2. The van der Waals surface area contributed by atoms with Crippen LogP contribution in [-0.2, 0) is 33.5 Å². The number of hydrogen-bond acceptors (Lipinski definition) is 13. The van der Waals surface area contributed by atoms with E-state index in [-0.39, 0.29) is 43.7 Å². The molecule has 7 heterocycles. The van der Waals surface area contributed by atoms with Crippen LogP contribution in [0, 0.1) is 29.6 Å². The minimum atomic E-state index is -0.116. The van der Waals surface area contributed by atoms with E-state index in [2.05, 4.69) is 75.6 Å². The number of carbonyl (C=O) groups is 2. The summed E-state index contributed by atoms with van der Waals surface area (Å²) in [7, 11) is 10.1. The number of nitrogens with zero attached hydrogens (tertiary/aromatic N) is 4. The van der Waals surface area contributed by atoms with Crippen molar-refractivity contribution in [2.75, 3.05) is 95.1 Å². The van der Waals surface area contributed by atoms with Gasteiger partial charge in [0.05, 0.1) is 55.3 Å². The zero-order chi connectivity index (χ0) is 55.8. The van der Waals surface area contributed by atoms with Gasteiger partial charge in [-0.15, -0.1) is 0 Å². The van der Waals surface area contributed by atoms with Gasteiger partial charge in [-0.25, -0.2) is 4.79 Å². The molecule has 0 spiro atoms. The van der Waals surface area contributed by atoms with Gasteiger partial charge in [0.2, 0.25) is 5.91 Å². The topological polar surface area (TPSA) is 147 Å². The molecule has 0 aliphatic carbocycles. The van der Waals surface area contributed by atoms with E-state index in [1.807, 2.05) is 21.9 Å². The fourth-order valence-corrected chi connectivity index (χ4v) is 13.3. The molecule has 15 nitrogen and oxygen atoms in total. The Hall–Kier alpha value is -5.38. The highest BCUT2D eigenvalue weighted by molar-refractivity contribution is 5.89. The number of fused-ring (bicyclic) bond motifs is 9. The average molecular weight is 1100 g/mol. The van der Waals surface area contributed by atoms with Crippen molar-refractivity contribution in [2.24, 2.45) is 35.3 Å². The van der Waals surface area contributed by atoms with E-state index in [1.54, 1.807) is 48.7 Å². The maximum absolute atomic E-state index is 12.9. The Bertz CT molecular complexity index is 2540. The first-order valence-electron chi connectivity index (χ1n) is 29.1. The molecule has 438 valence electrons. The van der Waals surface area contributed by atoms with E-state index in [0.29, 0.717) is 54.4 Å². The predicted octanol–water partition coefficient (Wildman–Crippen LogP) is 11.4. The summed E-state index contributed by atoms with van der Waals surface area (Å²) in [5, 5.41) is 0. The van der Waals surface area contributed by atoms with E-state index in [0.717, 1.165) is 137 Å². The first-order chi connectivity index (χ1) is 37.6. The lowest BCUT2D eigenvalue weighted by atomic mass is 9.78. The van der Waals surface area contributed by atoms with Crippen LogP contribution in [-0.4, -0.2) is 139 Å². The van der Waals surface area contributed by atoms with Crippen molar-refractivity contribution >= 4 is 12.0 Å². The van der Waals surface area contributed by atoms with Gasteiger partial charge in [-0.2, -0.15) is 0 Å². The van der Waals surface area contributed by atoms with Gasteiger partial charge in [0, 0.05) is 88.8 Å². The number of piperidine rings is 3. The molecule has 3 saturated heterocycles. The lowest BCUT2D eigenvalue weighted by molar-refractivity contribution is -0.130. The molecule has 7 aliphatic heterocycles. The van der Waals surface area contributed by atoms with E-state index in [1.165, 1.54) is 40.7 Å². The first-order valence-corrected chi connectivity index (χ1v) is 29.1. The average Bonchev–Trinajstić information content (AvgIpc) is 3.58. The van der Waals surface area contributed by atoms with Crippen molar-refractivity contribution in [1.29, 1.82) is 0 Å². The van der Waals surface area contributed by atoms with Crippen LogP contribution < -0.4 is 34.2 Å². The summed E-state index contributed by atoms with van der Waals surface area (Å²) in [5.41, 5.74) is 14.3. The molecule has 2 amide bonds. The number of benzene rings is 3. The summed E-state index contributed by atoms with van der Waals surface area (Å²) >= 11 is 0. The minimum absolute atomic E-state index is 0. The van der Waals surface area contributed by atoms with E-state index in [4.69, 9.17) is 43.6 Å². The fraction of sp³-hybridized carbons (Fsp3) is 0.656. The normalized spacial score (nSPS) is 24.2. The third-order valence-corrected chi connectivity index (χ3v) is 17.2. The summed E-state index contributed by atoms with van der Waals surface area (Å²) in [6, 6.07) is 13.6. The summed E-state index contributed by atoms with van der Waals surface area (Å²) in [4.78, 5) is 34.5.